The highest BCUT2D eigenvalue weighted by molar-refractivity contribution is 5.37. The Balaban J connectivity index is 2.05. The fourth-order valence-corrected chi connectivity index (χ4v) is 2.22. The highest BCUT2D eigenvalue weighted by atomic mass is 16.5. The number of nitrogen functional groups attached to an aromatic ring is 1. The Bertz CT molecular complexity index is 665. The number of nitrogens with zero attached hydrogens (tertiary/aromatic N) is 4. The molecule has 0 radical (unpaired) electrons. The van der Waals surface area contributed by atoms with Crippen LogP contribution in [-0.2, 0) is 4.74 Å². The van der Waals surface area contributed by atoms with E-state index in [1.807, 2.05) is 0 Å². The molecule has 1 saturated heterocycles. The van der Waals surface area contributed by atoms with Gasteiger partial charge in [0, 0.05) is 18.8 Å². The Morgan fingerprint density at radius 2 is 2.26 bits per heavy atom. The van der Waals surface area contributed by atoms with Crippen molar-refractivity contribution in [2.24, 2.45) is 0 Å². The lowest BCUT2D eigenvalue weighted by atomic mass is 10.2. The average Bonchev–Trinajstić information content (AvgIpc) is 2.92. The second kappa shape index (κ2) is 4.30. The highest BCUT2D eigenvalue weighted by Gasteiger charge is 2.35. The van der Waals surface area contributed by atoms with Crippen LogP contribution in [0.5, 0.6) is 0 Å². The number of anilines is 1. The van der Waals surface area contributed by atoms with Gasteiger partial charge in [-0.3, -0.25) is 8.97 Å². The Morgan fingerprint density at radius 1 is 1.47 bits per heavy atom. The first-order valence-corrected chi connectivity index (χ1v) is 5.77. The molecule has 0 bridgehead atoms. The predicted octanol–water partition coefficient (Wildman–Crippen LogP) is -1.89. The maximum atomic E-state index is 11.3. The summed E-state index contributed by atoms with van der Waals surface area (Å²) in [5.41, 5.74) is 4.93. The summed E-state index contributed by atoms with van der Waals surface area (Å²) in [7, 11) is 0. The Hall–Kier alpha value is -1.97. The number of ether oxygens (including phenoxy) is 1. The average molecular weight is 267 g/mol. The molecule has 3 rings (SSSR count). The van der Waals surface area contributed by atoms with E-state index < -0.39 is 24.1 Å². The van der Waals surface area contributed by atoms with Crippen LogP contribution in [0.25, 0.3) is 5.78 Å². The van der Waals surface area contributed by atoms with Gasteiger partial charge in [0.15, 0.2) is 0 Å². The second-order valence-electron chi connectivity index (χ2n) is 4.35. The van der Waals surface area contributed by atoms with E-state index in [1.54, 1.807) is 17.0 Å². The molecule has 0 spiro atoms. The number of nitrogens with two attached hydrogens (primary N) is 1. The third-order valence-corrected chi connectivity index (χ3v) is 3.17. The third-order valence-electron chi connectivity index (χ3n) is 3.17. The van der Waals surface area contributed by atoms with Crippen LogP contribution in [0.2, 0.25) is 0 Å². The van der Waals surface area contributed by atoms with Crippen LogP contribution in [0.1, 0.15) is 12.6 Å². The first kappa shape index (κ1) is 12.1. The number of aliphatic hydroxyl groups is 2. The number of fused-ring (bicyclic) bond motifs is 1. The first-order chi connectivity index (χ1) is 9.10. The summed E-state index contributed by atoms with van der Waals surface area (Å²) in [6, 6.07) is 0. The smallest absolute Gasteiger partial charge is 0.373 e. The molecule has 1 aliphatic rings. The zero-order valence-electron chi connectivity index (χ0n) is 9.88. The van der Waals surface area contributed by atoms with Gasteiger partial charge in [-0.15, -0.1) is 0 Å². The highest BCUT2D eigenvalue weighted by Crippen LogP contribution is 2.29. The van der Waals surface area contributed by atoms with Crippen LogP contribution in [0.15, 0.2) is 17.2 Å². The van der Waals surface area contributed by atoms with Crippen LogP contribution in [0.4, 0.5) is 5.95 Å². The normalized spacial score (nSPS) is 27.2. The molecule has 19 heavy (non-hydrogen) atoms. The number of imidazole rings is 1. The standard InChI is InChI=1S/C10H13N5O4/c11-8-12-9(18)13-10-14(1-2-15(8)10)7-3-5(17)6(4-16)19-7/h1-2,5-7,16-17H,3-4H2,(H2,11,12,18)/t5-,6+,7-/m0/s1. The minimum Gasteiger partial charge on any atom is -0.394 e. The van der Waals surface area contributed by atoms with E-state index in [0.717, 1.165) is 0 Å². The summed E-state index contributed by atoms with van der Waals surface area (Å²) in [6.45, 7) is -0.270. The molecule has 102 valence electrons. The fraction of sp³-hybridized carbons (Fsp3) is 0.500. The van der Waals surface area contributed by atoms with Gasteiger partial charge in [0.2, 0.25) is 11.7 Å². The SMILES string of the molecule is Nc1nc(=O)nc2n([C@@H]3C[C@H](O)[C@@H](CO)O3)ccn12. The lowest BCUT2D eigenvalue weighted by molar-refractivity contribution is -0.0432. The summed E-state index contributed by atoms with van der Waals surface area (Å²) < 4.78 is 8.53. The van der Waals surface area contributed by atoms with Crippen LogP contribution in [0, 0.1) is 0 Å². The van der Waals surface area contributed by atoms with Gasteiger partial charge in [-0.1, -0.05) is 0 Å². The van der Waals surface area contributed by atoms with Crippen LogP contribution in [-0.4, -0.2) is 48.0 Å². The molecule has 0 saturated carbocycles. The maximum Gasteiger partial charge on any atom is 0.373 e. The molecule has 1 fully saturated rings. The van der Waals surface area contributed by atoms with E-state index in [0.29, 0.717) is 6.42 Å². The molecule has 2 aromatic heterocycles. The van der Waals surface area contributed by atoms with Crippen molar-refractivity contribution in [3.05, 3.63) is 22.9 Å². The molecule has 0 unspecified atom stereocenters. The monoisotopic (exact) mass is 267 g/mol. The number of aromatic nitrogens is 4. The van der Waals surface area contributed by atoms with Crippen molar-refractivity contribution in [1.82, 2.24) is 18.9 Å². The summed E-state index contributed by atoms with van der Waals surface area (Å²) in [4.78, 5) is 18.6. The van der Waals surface area contributed by atoms with Gasteiger partial charge in [-0.05, 0) is 0 Å². The van der Waals surface area contributed by atoms with Crippen molar-refractivity contribution in [3.8, 4) is 0 Å². The largest absolute Gasteiger partial charge is 0.394 e. The summed E-state index contributed by atoms with van der Waals surface area (Å²) in [5.74, 6) is 0.319. The Labute approximate surface area is 106 Å². The molecule has 0 aromatic carbocycles. The molecule has 0 aliphatic carbocycles. The minimum absolute atomic E-state index is 0.0333. The van der Waals surface area contributed by atoms with Crippen molar-refractivity contribution in [3.63, 3.8) is 0 Å². The van der Waals surface area contributed by atoms with Gasteiger partial charge < -0.3 is 20.7 Å². The summed E-state index contributed by atoms with van der Waals surface area (Å²) in [5, 5.41) is 18.8. The molecule has 9 heteroatoms. The van der Waals surface area contributed by atoms with Crippen molar-refractivity contribution in [2.45, 2.75) is 24.9 Å². The number of rotatable bonds is 2. The summed E-state index contributed by atoms with van der Waals surface area (Å²) in [6.07, 6.45) is 1.63. The van der Waals surface area contributed by atoms with E-state index in [4.69, 9.17) is 15.6 Å². The lowest BCUT2D eigenvalue weighted by Crippen LogP contribution is -2.24. The number of hydrogen-bond donors (Lipinski definition) is 3. The van der Waals surface area contributed by atoms with Crippen LogP contribution in [0.3, 0.4) is 0 Å². The summed E-state index contributed by atoms with van der Waals surface area (Å²) >= 11 is 0. The van der Waals surface area contributed by atoms with Gasteiger partial charge in [-0.25, -0.2) is 4.79 Å². The second-order valence-corrected chi connectivity index (χ2v) is 4.35. The van der Waals surface area contributed by atoms with E-state index in [9.17, 15) is 9.90 Å². The fourth-order valence-electron chi connectivity index (χ4n) is 2.22. The van der Waals surface area contributed by atoms with Gasteiger partial charge >= 0.3 is 5.69 Å². The molecular weight excluding hydrogens is 254 g/mol. The number of hydrogen-bond acceptors (Lipinski definition) is 7. The molecule has 3 heterocycles. The predicted molar refractivity (Wildman–Crippen MR) is 63.3 cm³/mol. The molecular formula is C10H13N5O4. The van der Waals surface area contributed by atoms with E-state index >= 15 is 0 Å². The molecule has 3 atom stereocenters. The van der Waals surface area contributed by atoms with E-state index in [2.05, 4.69) is 9.97 Å². The first-order valence-electron chi connectivity index (χ1n) is 5.77. The molecule has 0 amide bonds. The van der Waals surface area contributed by atoms with Crippen molar-refractivity contribution >= 4 is 11.7 Å². The van der Waals surface area contributed by atoms with Crippen LogP contribution < -0.4 is 11.4 Å². The van der Waals surface area contributed by atoms with E-state index in [1.165, 1.54) is 4.40 Å². The van der Waals surface area contributed by atoms with Gasteiger partial charge in [-0.2, -0.15) is 9.97 Å². The van der Waals surface area contributed by atoms with E-state index in [-0.39, 0.29) is 18.3 Å². The quantitative estimate of drug-likeness (QED) is 0.580. The Kier molecular flexibility index (Phi) is 2.73. The zero-order valence-corrected chi connectivity index (χ0v) is 9.88. The van der Waals surface area contributed by atoms with Gasteiger partial charge in [0.05, 0.1) is 12.7 Å². The third kappa shape index (κ3) is 1.87. The maximum absolute atomic E-state index is 11.3. The minimum atomic E-state index is -0.761. The zero-order chi connectivity index (χ0) is 13.6. The number of aliphatic hydroxyl groups excluding tert-OH is 2. The van der Waals surface area contributed by atoms with Gasteiger partial charge in [0.25, 0.3) is 0 Å². The van der Waals surface area contributed by atoms with Crippen molar-refractivity contribution in [2.75, 3.05) is 12.3 Å². The Morgan fingerprint density at radius 3 is 2.95 bits per heavy atom. The van der Waals surface area contributed by atoms with Crippen molar-refractivity contribution in [1.29, 1.82) is 0 Å². The molecule has 1 aliphatic heterocycles. The molecule has 2 aromatic rings. The van der Waals surface area contributed by atoms with Crippen LogP contribution >= 0.6 is 0 Å². The van der Waals surface area contributed by atoms with Gasteiger partial charge in [0.1, 0.15) is 12.3 Å². The molecule has 4 N–H and O–H groups in total. The van der Waals surface area contributed by atoms with Crippen molar-refractivity contribution < 1.29 is 14.9 Å². The topological polar surface area (TPSA) is 128 Å². The lowest BCUT2D eigenvalue weighted by Gasteiger charge is -2.13. The molecule has 9 nitrogen and oxygen atoms in total.